The summed E-state index contributed by atoms with van der Waals surface area (Å²) < 4.78 is 5.62. The van der Waals surface area contributed by atoms with E-state index in [9.17, 15) is 19.5 Å². The Balaban J connectivity index is 1.70. The first-order chi connectivity index (χ1) is 16.4. The Hall–Kier alpha value is -3.35. The molecule has 1 aliphatic carbocycles. The molecular weight excluding hydrogens is 444 g/mol. The number of ether oxygens (including phenoxy) is 1. The van der Waals surface area contributed by atoms with Crippen LogP contribution in [0.25, 0.3) is 11.1 Å². The number of nitrogens with one attached hydrogen (secondary N) is 2. The molecule has 0 spiro atoms. The highest BCUT2D eigenvalue weighted by molar-refractivity contribution is 5.92. The van der Waals surface area contributed by atoms with Crippen molar-refractivity contribution < 1.29 is 24.2 Å². The van der Waals surface area contributed by atoms with E-state index in [4.69, 9.17) is 4.74 Å². The third kappa shape index (κ3) is 6.21. The van der Waals surface area contributed by atoms with Gasteiger partial charge in [0, 0.05) is 5.92 Å². The molecule has 3 rings (SSSR count). The van der Waals surface area contributed by atoms with E-state index in [-0.39, 0.29) is 24.4 Å². The van der Waals surface area contributed by atoms with Crippen molar-refractivity contribution in [2.24, 2.45) is 5.41 Å². The number of carbonyl (C=O) groups excluding carboxylic acids is 2. The van der Waals surface area contributed by atoms with Gasteiger partial charge in [0.05, 0.1) is 0 Å². The third-order valence-electron chi connectivity index (χ3n) is 6.39. The van der Waals surface area contributed by atoms with Crippen LogP contribution in [0, 0.1) is 5.41 Å². The number of carbonyl (C=O) groups is 3. The minimum atomic E-state index is -1.30. The summed E-state index contributed by atoms with van der Waals surface area (Å²) in [5.74, 6) is -1.74. The average Bonchev–Trinajstić information content (AvgIpc) is 3.10. The van der Waals surface area contributed by atoms with E-state index >= 15 is 0 Å². The fraction of sp³-hybridized carbons (Fsp3) is 0.464. The van der Waals surface area contributed by atoms with Crippen LogP contribution in [0.5, 0.6) is 0 Å². The van der Waals surface area contributed by atoms with E-state index in [1.807, 2.05) is 64.1 Å². The fourth-order valence-electron chi connectivity index (χ4n) is 4.72. The molecule has 0 heterocycles. The molecule has 7 nitrogen and oxygen atoms in total. The summed E-state index contributed by atoms with van der Waals surface area (Å²) in [6.45, 7) is 9.36. The molecule has 0 fully saturated rings. The Bertz CT molecular complexity index is 1050. The highest BCUT2D eigenvalue weighted by Gasteiger charge is 2.38. The number of alkyl carbamates (subject to hydrolysis) is 1. The van der Waals surface area contributed by atoms with Crippen molar-refractivity contribution in [2.75, 3.05) is 6.61 Å². The van der Waals surface area contributed by atoms with Gasteiger partial charge in [0.1, 0.15) is 18.2 Å². The summed E-state index contributed by atoms with van der Waals surface area (Å²) >= 11 is 0. The maximum Gasteiger partial charge on any atom is 0.408 e. The largest absolute Gasteiger partial charge is 0.480 e. The van der Waals surface area contributed by atoms with Gasteiger partial charge in [-0.25, -0.2) is 9.59 Å². The molecule has 1 aliphatic rings. The van der Waals surface area contributed by atoms with Crippen molar-refractivity contribution in [3.63, 3.8) is 0 Å². The molecule has 0 saturated heterocycles. The van der Waals surface area contributed by atoms with Gasteiger partial charge in [-0.3, -0.25) is 4.79 Å². The van der Waals surface area contributed by atoms with Gasteiger partial charge in [-0.1, -0.05) is 82.6 Å². The molecule has 2 aromatic carbocycles. The second-order valence-corrected chi connectivity index (χ2v) is 10.7. The highest BCUT2D eigenvalue weighted by atomic mass is 16.5. The van der Waals surface area contributed by atoms with Crippen LogP contribution in [0.1, 0.15) is 70.9 Å². The summed E-state index contributed by atoms with van der Waals surface area (Å²) in [7, 11) is 0. The molecule has 0 radical (unpaired) electrons. The zero-order chi connectivity index (χ0) is 25.8. The molecular formula is C28H36N2O5. The van der Waals surface area contributed by atoms with Gasteiger partial charge in [-0.2, -0.15) is 0 Å². The second-order valence-electron chi connectivity index (χ2n) is 10.7. The van der Waals surface area contributed by atoms with Gasteiger partial charge >= 0.3 is 12.1 Å². The predicted octanol–water partition coefficient (Wildman–Crippen LogP) is 5.09. The molecule has 35 heavy (non-hydrogen) atoms. The van der Waals surface area contributed by atoms with E-state index < -0.39 is 29.6 Å². The van der Waals surface area contributed by atoms with Crippen LogP contribution in [-0.4, -0.2) is 41.3 Å². The first kappa shape index (κ1) is 26.3. The minimum absolute atomic E-state index is 0.0948. The number of carboxylic acids is 1. The third-order valence-corrected chi connectivity index (χ3v) is 6.39. The molecule has 3 N–H and O–H groups in total. The first-order valence-electron chi connectivity index (χ1n) is 12.1. The smallest absolute Gasteiger partial charge is 0.408 e. The number of hydrogen-bond acceptors (Lipinski definition) is 4. The molecule has 7 heteroatoms. The van der Waals surface area contributed by atoms with Crippen LogP contribution in [0.4, 0.5) is 4.79 Å². The summed E-state index contributed by atoms with van der Waals surface area (Å²) in [6.07, 6.45) is 0.511. The van der Waals surface area contributed by atoms with Gasteiger partial charge in [0.25, 0.3) is 0 Å². The van der Waals surface area contributed by atoms with Crippen molar-refractivity contribution in [2.45, 2.75) is 71.4 Å². The zero-order valence-corrected chi connectivity index (χ0v) is 21.2. The Labute approximate surface area is 207 Å². The van der Waals surface area contributed by atoms with Gasteiger partial charge in [-0.15, -0.1) is 0 Å². The number of aliphatic carboxylic acids is 1. The number of hydrogen-bond donors (Lipinski definition) is 3. The number of fused-ring (bicyclic) bond motifs is 3. The maximum atomic E-state index is 13.1. The Morgan fingerprint density at radius 3 is 2.00 bits per heavy atom. The molecule has 2 unspecified atom stereocenters. The standard InChI is InChI=1S/C28H36N2O5/c1-6-15-28(5,25(33)29-23(24(31)32)16-27(2,3)4)30-26(34)35-17-22-20-13-9-7-11-18(20)19-12-8-10-14-21(19)22/h7-14,22-23H,6,15-17H2,1-5H3,(H,29,33)(H,30,34)(H,31,32). The van der Waals surface area contributed by atoms with Gasteiger partial charge in [-0.05, 0) is 47.4 Å². The van der Waals surface area contributed by atoms with Gasteiger partial charge in [0.2, 0.25) is 5.91 Å². The molecule has 2 aromatic rings. The summed E-state index contributed by atoms with van der Waals surface area (Å²) in [5, 5.41) is 14.9. The Morgan fingerprint density at radius 1 is 0.971 bits per heavy atom. The minimum Gasteiger partial charge on any atom is -0.480 e. The quantitative estimate of drug-likeness (QED) is 0.464. The van der Waals surface area contributed by atoms with E-state index in [1.54, 1.807) is 6.92 Å². The Kier molecular flexibility index (Phi) is 7.88. The SMILES string of the molecule is CCCC(C)(NC(=O)OCC1c2ccccc2-c2ccccc21)C(=O)NC(CC(C)(C)C)C(=O)O. The van der Waals surface area contributed by atoms with Crippen molar-refractivity contribution in [3.8, 4) is 11.1 Å². The van der Waals surface area contributed by atoms with Crippen molar-refractivity contribution in [1.29, 1.82) is 0 Å². The topological polar surface area (TPSA) is 105 Å². The predicted molar refractivity (Wildman–Crippen MR) is 135 cm³/mol. The van der Waals surface area contributed by atoms with Gasteiger partial charge in [0.15, 0.2) is 0 Å². The highest BCUT2D eigenvalue weighted by Crippen LogP contribution is 2.44. The normalized spacial score (nSPS) is 15.3. The maximum absolute atomic E-state index is 13.1. The lowest BCUT2D eigenvalue weighted by Gasteiger charge is -2.32. The zero-order valence-electron chi connectivity index (χ0n) is 21.2. The van der Waals surface area contributed by atoms with Crippen LogP contribution < -0.4 is 10.6 Å². The number of benzene rings is 2. The summed E-state index contributed by atoms with van der Waals surface area (Å²) in [5.41, 5.74) is 2.86. The lowest BCUT2D eigenvalue weighted by atomic mass is 9.87. The van der Waals surface area contributed by atoms with Crippen LogP contribution >= 0.6 is 0 Å². The van der Waals surface area contributed by atoms with Crippen LogP contribution in [-0.2, 0) is 14.3 Å². The molecule has 2 atom stereocenters. The van der Waals surface area contributed by atoms with Crippen LogP contribution in [0.3, 0.4) is 0 Å². The summed E-state index contributed by atoms with van der Waals surface area (Å²) in [4.78, 5) is 37.7. The lowest BCUT2D eigenvalue weighted by molar-refractivity contribution is -0.143. The number of rotatable bonds is 9. The monoisotopic (exact) mass is 480 g/mol. The number of carboxylic acid groups (broad SMARTS) is 1. The fourth-order valence-corrected chi connectivity index (χ4v) is 4.72. The van der Waals surface area contributed by atoms with E-state index in [2.05, 4.69) is 22.8 Å². The van der Waals surface area contributed by atoms with Crippen LogP contribution in [0.15, 0.2) is 48.5 Å². The van der Waals surface area contributed by atoms with E-state index in [1.165, 1.54) is 0 Å². The molecule has 0 aliphatic heterocycles. The molecule has 188 valence electrons. The van der Waals surface area contributed by atoms with E-state index in [0.717, 1.165) is 22.3 Å². The Morgan fingerprint density at radius 2 is 1.51 bits per heavy atom. The molecule has 0 saturated carbocycles. The van der Waals surface area contributed by atoms with Crippen molar-refractivity contribution >= 4 is 18.0 Å². The average molecular weight is 481 g/mol. The molecule has 2 amide bonds. The summed E-state index contributed by atoms with van der Waals surface area (Å²) in [6, 6.07) is 15.1. The van der Waals surface area contributed by atoms with E-state index in [0.29, 0.717) is 12.8 Å². The first-order valence-corrected chi connectivity index (χ1v) is 12.1. The lowest BCUT2D eigenvalue weighted by Crippen LogP contribution is -2.60. The number of amides is 2. The molecule has 0 bridgehead atoms. The van der Waals surface area contributed by atoms with Crippen molar-refractivity contribution in [3.05, 3.63) is 59.7 Å². The van der Waals surface area contributed by atoms with Crippen molar-refractivity contribution in [1.82, 2.24) is 10.6 Å². The second kappa shape index (κ2) is 10.5. The van der Waals surface area contributed by atoms with Crippen LogP contribution in [0.2, 0.25) is 0 Å². The van der Waals surface area contributed by atoms with Gasteiger partial charge < -0.3 is 20.5 Å². The molecule has 0 aromatic heterocycles.